The minimum absolute atomic E-state index is 0.176. The molecule has 2 unspecified atom stereocenters. The van der Waals surface area contributed by atoms with Crippen molar-refractivity contribution in [1.29, 1.82) is 0 Å². The zero-order chi connectivity index (χ0) is 20.6. The Balaban J connectivity index is 1.40. The Morgan fingerprint density at radius 1 is 1.10 bits per heavy atom. The molecular weight excluding hydrogens is 381 g/mol. The summed E-state index contributed by atoms with van der Waals surface area (Å²) in [6.07, 6.45) is 1.58. The molecule has 2 aliphatic carbocycles. The Labute approximate surface area is 168 Å². The van der Waals surface area contributed by atoms with Gasteiger partial charge in [0.05, 0.1) is 5.69 Å². The van der Waals surface area contributed by atoms with E-state index in [1.165, 1.54) is 56.4 Å². The minimum Gasteiger partial charge on any atom is -0.406 e. The van der Waals surface area contributed by atoms with Gasteiger partial charge >= 0.3 is 6.36 Å². The highest BCUT2D eigenvalue weighted by molar-refractivity contribution is 5.58. The fraction of sp³-hybridized carbons (Fsp3) is 0.591. The van der Waals surface area contributed by atoms with Crippen LogP contribution < -0.4 is 10.1 Å². The van der Waals surface area contributed by atoms with Gasteiger partial charge in [0.1, 0.15) is 5.75 Å². The van der Waals surface area contributed by atoms with E-state index in [1.807, 2.05) is 6.07 Å². The minimum atomic E-state index is -4.70. The zero-order valence-corrected chi connectivity index (χ0v) is 16.8. The fourth-order valence-corrected chi connectivity index (χ4v) is 5.55. The molecule has 7 heteroatoms. The molecule has 2 fully saturated rings. The monoisotopic (exact) mass is 408 g/mol. The van der Waals surface area contributed by atoms with E-state index in [9.17, 15) is 13.2 Å². The van der Waals surface area contributed by atoms with Crippen LogP contribution in [0.1, 0.15) is 51.6 Å². The molecular formula is C22H27F3N2O2. The number of nitrogens with zero attached hydrogens (tertiary/aromatic N) is 1. The maximum absolute atomic E-state index is 12.3. The van der Waals surface area contributed by atoms with Crippen molar-refractivity contribution in [3.8, 4) is 17.1 Å². The molecule has 158 valence electrons. The summed E-state index contributed by atoms with van der Waals surface area (Å²) in [5, 5.41) is 7.93. The molecule has 2 aliphatic rings. The first kappa shape index (κ1) is 20.3. The molecule has 0 saturated heterocycles. The number of fused-ring (bicyclic) bond motifs is 2. The lowest BCUT2D eigenvalue weighted by Gasteiger charge is -2.50. The number of nitrogens with one attached hydrogen (secondary N) is 1. The second-order valence-electron chi connectivity index (χ2n) is 9.05. The Hall–Kier alpha value is -2.02. The number of halogens is 3. The molecule has 0 spiro atoms. The fourth-order valence-electron chi connectivity index (χ4n) is 5.55. The smallest absolute Gasteiger partial charge is 0.406 e. The van der Waals surface area contributed by atoms with Crippen LogP contribution in [0.25, 0.3) is 11.3 Å². The highest BCUT2D eigenvalue weighted by Gasteiger charge is 2.43. The summed E-state index contributed by atoms with van der Waals surface area (Å²) >= 11 is 0. The Morgan fingerprint density at radius 2 is 1.76 bits per heavy atom. The van der Waals surface area contributed by atoms with Gasteiger partial charge in [-0.1, -0.05) is 19.0 Å². The summed E-state index contributed by atoms with van der Waals surface area (Å²) in [5.41, 5.74) is 1.64. The van der Waals surface area contributed by atoms with Gasteiger partial charge in [0.2, 0.25) is 0 Å². The van der Waals surface area contributed by atoms with Gasteiger partial charge in [-0.2, -0.15) is 0 Å². The van der Waals surface area contributed by atoms with E-state index in [2.05, 4.69) is 29.1 Å². The van der Waals surface area contributed by atoms with Gasteiger partial charge in [-0.25, -0.2) is 0 Å². The third kappa shape index (κ3) is 4.94. The topological polar surface area (TPSA) is 47.3 Å². The molecule has 29 heavy (non-hydrogen) atoms. The lowest BCUT2D eigenvalue weighted by molar-refractivity contribution is -0.274. The lowest BCUT2D eigenvalue weighted by atomic mass is 9.61. The molecule has 2 saturated carbocycles. The lowest BCUT2D eigenvalue weighted by Crippen LogP contribution is -2.54. The van der Waals surface area contributed by atoms with Crippen molar-refractivity contribution in [2.75, 3.05) is 0 Å². The van der Waals surface area contributed by atoms with E-state index in [0.29, 0.717) is 17.9 Å². The van der Waals surface area contributed by atoms with Crippen LogP contribution in [-0.2, 0) is 6.54 Å². The van der Waals surface area contributed by atoms with Gasteiger partial charge < -0.3 is 14.6 Å². The van der Waals surface area contributed by atoms with Crippen molar-refractivity contribution in [3.63, 3.8) is 0 Å². The average Bonchev–Trinajstić information content (AvgIpc) is 3.07. The quantitative estimate of drug-likeness (QED) is 0.666. The van der Waals surface area contributed by atoms with Crippen LogP contribution in [0.4, 0.5) is 13.2 Å². The summed E-state index contributed by atoms with van der Waals surface area (Å²) in [4.78, 5) is 0. The molecule has 4 rings (SSSR count). The predicted octanol–water partition coefficient (Wildman–Crippen LogP) is 5.93. The maximum Gasteiger partial charge on any atom is 0.573 e. The van der Waals surface area contributed by atoms with Crippen LogP contribution in [0.2, 0.25) is 0 Å². The molecule has 1 aromatic carbocycles. The number of hydrogen-bond acceptors (Lipinski definition) is 4. The van der Waals surface area contributed by atoms with Crippen molar-refractivity contribution >= 4 is 0 Å². The van der Waals surface area contributed by atoms with Crippen LogP contribution in [0, 0.1) is 17.8 Å². The van der Waals surface area contributed by atoms with E-state index >= 15 is 0 Å². The molecule has 4 nitrogen and oxygen atoms in total. The first-order valence-corrected chi connectivity index (χ1v) is 10.3. The first-order chi connectivity index (χ1) is 13.7. The highest BCUT2D eigenvalue weighted by atomic mass is 19.4. The molecule has 1 N–H and O–H groups in total. The van der Waals surface area contributed by atoms with Gasteiger partial charge in [0.15, 0.2) is 5.76 Å². The van der Waals surface area contributed by atoms with E-state index in [1.54, 1.807) is 0 Å². The van der Waals surface area contributed by atoms with Crippen molar-refractivity contribution in [3.05, 3.63) is 36.0 Å². The van der Waals surface area contributed by atoms with E-state index < -0.39 is 6.36 Å². The average molecular weight is 408 g/mol. The first-order valence-electron chi connectivity index (χ1n) is 10.3. The molecule has 2 atom stereocenters. The van der Waals surface area contributed by atoms with Gasteiger partial charge in [0.25, 0.3) is 0 Å². The second kappa shape index (κ2) is 7.67. The predicted molar refractivity (Wildman–Crippen MR) is 103 cm³/mol. The number of hydrogen-bond donors (Lipinski definition) is 1. The number of benzene rings is 1. The second-order valence-corrected chi connectivity index (χ2v) is 9.05. The van der Waals surface area contributed by atoms with Gasteiger partial charge in [-0.05, 0) is 74.1 Å². The number of ether oxygens (including phenoxy) is 1. The Bertz CT molecular complexity index is 812. The van der Waals surface area contributed by atoms with Gasteiger partial charge in [-0.3, -0.25) is 0 Å². The maximum atomic E-state index is 12.3. The Morgan fingerprint density at radius 3 is 2.38 bits per heavy atom. The highest BCUT2D eigenvalue weighted by Crippen LogP contribution is 2.47. The van der Waals surface area contributed by atoms with Crippen LogP contribution in [0.15, 0.2) is 34.9 Å². The molecule has 2 bridgehead atoms. The largest absolute Gasteiger partial charge is 0.573 e. The van der Waals surface area contributed by atoms with Crippen LogP contribution >= 0.6 is 0 Å². The summed E-state index contributed by atoms with van der Waals surface area (Å²) in [6.45, 7) is 5.32. The van der Waals surface area contributed by atoms with E-state index in [-0.39, 0.29) is 11.3 Å². The summed E-state index contributed by atoms with van der Waals surface area (Å²) < 4.78 is 46.2. The van der Waals surface area contributed by atoms with E-state index in [0.717, 1.165) is 23.4 Å². The van der Waals surface area contributed by atoms with Crippen LogP contribution in [-0.4, -0.2) is 17.1 Å². The third-order valence-electron chi connectivity index (χ3n) is 6.21. The van der Waals surface area contributed by atoms with Gasteiger partial charge in [0, 0.05) is 23.7 Å². The van der Waals surface area contributed by atoms with E-state index in [4.69, 9.17) is 4.52 Å². The van der Waals surface area contributed by atoms with Crippen LogP contribution in [0.3, 0.4) is 0 Å². The number of rotatable bonds is 5. The van der Waals surface area contributed by atoms with Crippen molar-refractivity contribution in [1.82, 2.24) is 10.5 Å². The number of alkyl halides is 3. The normalized spacial score (nSPS) is 29.6. The molecule has 0 amide bonds. The van der Waals surface area contributed by atoms with Crippen LogP contribution in [0.5, 0.6) is 5.75 Å². The van der Waals surface area contributed by atoms with Crippen molar-refractivity contribution in [2.24, 2.45) is 17.8 Å². The third-order valence-corrected chi connectivity index (χ3v) is 6.21. The molecule has 1 aromatic heterocycles. The molecule has 1 heterocycles. The Kier molecular flexibility index (Phi) is 5.36. The molecule has 2 aromatic rings. The van der Waals surface area contributed by atoms with Crippen molar-refractivity contribution in [2.45, 2.75) is 64.4 Å². The van der Waals surface area contributed by atoms with Gasteiger partial charge in [-0.15, -0.1) is 13.2 Å². The molecule has 0 aliphatic heterocycles. The standard InChI is InChI=1S/C22H27F3N2O2/c1-14-7-16-8-15(2)11-21(10-14,12-16)26-13-18-9-20(29-27-18)17-3-5-19(6-4-17)28-22(23,24)25/h3-6,9,14-16,26H,7-8,10-13H2,1-2H3. The summed E-state index contributed by atoms with van der Waals surface area (Å²) in [6, 6.07) is 7.46. The summed E-state index contributed by atoms with van der Waals surface area (Å²) in [5.74, 6) is 2.55. The number of aromatic nitrogens is 1. The SMILES string of the molecule is CC1CC2CC(C)CC(NCc3cc(-c4ccc(OC(F)(F)F)cc4)on3)(C1)C2. The zero-order valence-electron chi connectivity index (χ0n) is 16.8. The van der Waals surface area contributed by atoms with Crippen molar-refractivity contribution < 1.29 is 22.4 Å². The summed E-state index contributed by atoms with van der Waals surface area (Å²) in [7, 11) is 0. The molecule has 0 radical (unpaired) electrons.